The Morgan fingerprint density at radius 3 is 2.67 bits per heavy atom. The Morgan fingerprint density at radius 1 is 1.56 bits per heavy atom. The lowest BCUT2D eigenvalue weighted by Gasteiger charge is -2.19. The number of ether oxygens (including phenoxy) is 1. The molecule has 2 N–H and O–H groups in total. The molecule has 0 aliphatic carbocycles. The minimum atomic E-state index is -2.04. The molecular formula is C11H13NO6. The molecule has 0 aliphatic heterocycles. The zero-order valence-corrected chi connectivity index (χ0v) is 9.91. The average Bonchev–Trinajstić information content (AvgIpc) is 2.27. The number of carbonyl (C=O) groups is 1. The van der Waals surface area contributed by atoms with Gasteiger partial charge >= 0.3 is 5.97 Å². The number of non-ortho nitro benzene ring substituents is 1. The van der Waals surface area contributed by atoms with Crippen LogP contribution in [0.5, 0.6) is 5.75 Å². The van der Waals surface area contributed by atoms with Crippen LogP contribution in [-0.2, 0) is 4.79 Å². The molecule has 18 heavy (non-hydrogen) atoms. The summed E-state index contributed by atoms with van der Waals surface area (Å²) in [5, 5.41) is 28.7. The van der Waals surface area contributed by atoms with Gasteiger partial charge in [0.25, 0.3) is 5.69 Å². The molecule has 0 bridgehead atoms. The predicted octanol–water partition coefficient (Wildman–Crippen LogP) is 1.12. The third-order valence-corrected chi connectivity index (χ3v) is 2.35. The zero-order chi connectivity index (χ0) is 13.9. The molecule has 0 amide bonds. The first-order valence-corrected chi connectivity index (χ1v) is 5.07. The summed E-state index contributed by atoms with van der Waals surface area (Å²) in [5.41, 5.74) is -1.59. The van der Waals surface area contributed by atoms with E-state index < -0.39 is 23.1 Å². The molecule has 0 fully saturated rings. The normalized spacial score (nSPS) is 13.7. The van der Waals surface area contributed by atoms with Crippen molar-refractivity contribution in [2.45, 2.75) is 19.4 Å². The smallest absolute Gasteiger partial charge is 0.339 e. The number of aryl methyl sites for hydroxylation is 1. The summed E-state index contributed by atoms with van der Waals surface area (Å²) < 4.78 is 5.12. The number of aliphatic carboxylic acids is 1. The summed E-state index contributed by atoms with van der Waals surface area (Å²) >= 11 is 0. The van der Waals surface area contributed by atoms with Gasteiger partial charge in [-0.2, -0.15) is 0 Å². The summed E-state index contributed by atoms with van der Waals surface area (Å²) in [6, 6.07) is 3.99. The minimum absolute atomic E-state index is 0.162. The lowest BCUT2D eigenvalue weighted by molar-refractivity contribution is -0.385. The zero-order valence-electron chi connectivity index (χ0n) is 9.91. The summed E-state index contributed by atoms with van der Waals surface area (Å²) in [4.78, 5) is 20.7. The van der Waals surface area contributed by atoms with E-state index >= 15 is 0 Å². The van der Waals surface area contributed by atoms with Crippen LogP contribution in [0.25, 0.3) is 0 Å². The van der Waals surface area contributed by atoms with Gasteiger partial charge in [-0.15, -0.1) is 0 Å². The number of nitro benzene ring substituents is 1. The second kappa shape index (κ2) is 5.01. The Bertz CT molecular complexity index is 482. The van der Waals surface area contributed by atoms with Crippen LogP contribution in [0.3, 0.4) is 0 Å². The van der Waals surface area contributed by atoms with E-state index in [2.05, 4.69) is 0 Å². The third kappa shape index (κ3) is 3.17. The topological polar surface area (TPSA) is 110 Å². The van der Waals surface area contributed by atoms with E-state index in [1.165, 1.54) is 18.2 Å². The lowest BCUT2D eigenvalue weighted by atomic mass is 10.1. The van der Waals surface area contributed by atoms with Crippen LogP contribution in [0.4, 0.5) is 5.69 Å². The van der Waals surface area contributed by atoms with Crippen molar-refractivity contribution in [3.63, 3.8) is 0 Å². The van der Waals surface area contributed by atoms with Crippen LogP contribution < -0.4 is 4.74 Å². The maximum atomic E-state index is 10.7. The molecule has 1 rings (SSSR count). The Kier molecular flexibility index (Phi) is 3.87. The first kappa shape index (κ1) is 13.9. The molecule has 7 nitrogen and oxygen atoms in total. The summed E-state index contributed by atoms with van der Waals surface area (Å²) in [7, 11) is 0. The van der Waals surface area contributed by atoms with E-state index in [9.17, 15) is 20.0 Å². The molecule has 0 aromatic heterocycles. The van der Waals surface area contributed by atoms with Crippen LogP contribution in [0.1, 0.15) is 12.5 Å². The number of benzene rings is 1. The summed E-state index contributed by atoms with van der Waals surface area (Å²) in [5.74, 6) is -1.25. The number of aliphatic hydroxyl groups is 1. The lowest BCUT2D eigenvalue weighted by Crippen LogP contribution is -2.41. The van der Waals surface area contributed by atoms with Crippen molar-refractivity contribution in [3.05, 3.63) is 33.9 Å². The number of carboxylic acid groups (broad SMARTS) is 1. The summed E-state index contributed by atoms with van der Waals surface area (Å²) in [6.07, 6.45) is 0. The highest BCUT2D eigenvalue weighted by Gasteiger charge is 2.31. The predicted molar refractivity (Wildman–Crippen MR) is 61.6 cm³/mol. The number of rotatable bonds is 5. The molecule has 1 aromatic carbocycles. The highest BCUT2D eigenvalue weighted by molar-refractivity contribution is 5.76. The van der Waals surface area contributed by atoms with E-state index in [4.69, 9.17) is 9.84 Å². The van der Waals surface area contributed by atoms with Crippen LogP contribution in [0.2, 0.25) is 0 Å². The van der Waals surface area contributed by atoms with Gasteiger partial charge in [-0.25, -0.2) is 4.79 Å². The fraction of sp³-hybridized carbons (Fsp3) is 0.364. The quantitative estimate of drug-likeness (QED) is 0.602. The first-order chi connectivity index (χ1) is 8.24. The molecule has 0 saturated heterocycles. The third-order valence-electron chi connectivity index (χ3n) is 2.35. The molecule has 7 heteroatoms. The fourth-order valence-corrected chi connectivity index (χ4v) is 1.14. The van der Waals surface area contributed by atoms with E-state index in [1.807, 2.05) is 0 Å². The van der Waals surface area contributed by atoms with Gasteiger partial charge in [0.1, 0.15) is 12.4 Å². The standard InChI is InChI=1S/C11H13NO6/c1-7-3-4-8(12(16)17)5-9(7)18-6-11(2,15)10(13)14/h3-5,15H,6H2,1-2H3,(H,13,14). The molecule has 1 aromatic rings. The van der Waals surface area contributed by atoms with Gasteiger partial charge in [0, 0.05) is 6.07 Å². The monoisotopic (exact) mass is 255 g/mol. The second-order valence-corrected chi connectivity index (χ2v) is 4.07. The molecule has 98 valence electrons. The Morgan fingerprint density at radius 2 is 2.17 bits per heavy atom. The van der Waals surface area contributed by atoms with Gasteiger partial charge in [-0.05, 0) is 25.5 Å². The van der Waals surface area contributed by atoms with Crippen molar-refractivity contribution in [1.29, 1.82) is 0 Å². The van der Waals surface area contributed by atoms with Crippen LogP contribution in [0.15, 0.2) is 18.2 Å². The van der Waals surface area contributed by atoms with Gasteiger partial charge in [-0.3, -0.25) is 10.1 Å². The number of nitro groups is 1. The van der Waals surface area contributed by atoms with Gasteiger partial charge in [-0.1, -0.05) is 0 Å². The van der Waals surface area contributed by atoms with Crippen molar-refractivity contribution < 1.29 is 24.7 Å². The molecule has 0 saturated carbocycles. The van der Waals surface area contributed by atoms with Gasteiger partial charge in [0.15, 0.2) is 5.60 Å². The summed E-state index contributed by atoms with van der Waals surface area (Å²) in [6.45, 7) is 2.25. The molecule has 0 spiro atoms. The number of hydrogen-bond donors (Lipinski definition) is 2. The minimum Gasteiger partial charge on any atom is -0.489 e. The molecular weight excluding hydrogens is 242 g/mol. The second-order valence-electron chi connectivity index (χ2n) is 4.07. The number of carboxylic acids is 1. The average molecular weight is 255 g/mol. The molecule has 0 radical (unpaired) electrons. The van der Waals surface area contributed by atoms with Crippen molar-refractivity contribution in [2.75, 3.05) is 6.61 Å². The highest BCUT2D eigenvalue weighted by atomic mass is 16.6. The SMILES string of the molecule is Cc1ccc([N+](=O)[O-])cc1OCC(C)(O)C(=O)O. The van der Waals surface area contributed by atoms with E-state index in [-0.39, 0.29) is 11.4 Å². The van der Waals surface area contributed by atoms with Crippen molar-refractivity contribution in [2.24, 2.45) is 0 Å². The van der Waals surface area contributed by atoms with Gasteiger partial charge < -0.3 is 14.9 Å². The molecule has 0 heterocycles. The highest BCUT2D eigenvalue weighted by Crippen LogP contribution is 2.24. The van der Waals surface area contributed by atoms with E-state index in [1.54, 1.807) is 6.92 Å². The molecule has 1 atom stereocenters. The molecule has 0 aliphatic rings. The fourth-order valence-electron chi connectivity index (χ4n) is 1.14. The Labute approximate surface area is 103 Å². The van der Waals surface area contributed by atoms with Crippen molar-refractivity contribution in [3.8, 4) is 5.75 Å². The largest absolute Gasteiger partial charge is 0.489 e. The maximum Gasteiger partial charge on any atom is 0.339 e. The van der Waals surface area contributed by atoms with Crippen LogP contribution in [-0.4, -0.2) is 33.3 Å². The van der Waals surface area contributed by atoms with Gasteiger partial charge in [0.05, 0.1) is 11.0 Å². The number of hydrogen-bond acceptors (Lipinski definition) is 5. The van der Waals surface area contributed by atoms with E-state index in [0.29, 0.717) is 5.56 Å². The first-order valence-electron chi connectivity index (χ1n) is 5.07. The molecule has 1 unspecified atom stereocenters. The van der Waals surface area contributed by atoms with Crippen LogP contribution >= 0.6 is 0 Å². The van der Waals surface area contributed by atoms with Gasteiger partial charge in [0.2, 0.25) is 0 Å². The van der Waals surface area contributed by atoms with Crippen LogP contribution in [0, 0.1) is 17.0 Å². The van der Waals surface area contributed by atoms with Crippen molar-refractivity contribution in [1.82, 2.24) is 0 Å². The maximum absolute atomic E-state index is 10.7. The number of nitrogens with zero attached hydrogens (tertiary/aromatic N) is 1. The Balaban J connectivity index is 2.88. The van der Waals surface area contributed by atoms with E-state index in [0.717, 1.165) is 6.92 Å². The Hall–Kier alpha value is -2.15. The van der Waals surface area contributed by atoms with Crippen molar-refractivity contribution >= 4 is 11.7 Å².